The third-order valence-electron chi connectivity index (χ3n) is 2.84. The molecule has 17 heavy (non-hydrogen) atoms. The summed E-state index contributed by atoms with van der Waals surface area (Å²) in [6.45, 7) is 8.47. The fourth-order valence-electron chi connectivity index (χ4n) is 2.10. The number of rotatable bonds is 2. The molecule has 2 nitrogen and oxygen atoms in total. The summed E-state index contributed by atoms with van der Waals surface area (Å²) < 4.78 is 5.80. The molecule has 0 bridgehead atoms. The van der Waals surface area contributed by atoms with Gasteiger partial charge in [-0.3, -0.25) is 0 Å². The Bertz CT molecular complexity index is 336. The van der Waals surface area contributed by atoms with Crippen molar-refractivity contribution in [2.75, 3.05) is 13.1 Å². The van der Waals surface area contributed by atoms with Gasteiger partial charge in [-0.25, -0.2) is 0 Å². The highest BCUT2D eigenvalue weighted by Gasteiger charge is 2.17. The second-order valence-corrected chi connectivity index (χ2v) is 5.47. The molecule has 1 aliphatic rings. The molecule has 2 rings (SSSR count). The average molecular weight is 256 g/mol. The van der Waals surface area contributed by atoms with E-state index in [1.807, 2.05) is 0 Å². The Labute approximate surface area is 110 Å². The fraction of sp³-hybridized carbons (Fsp3) is 0.571. The Hall–Kier alpha value is -0.730. The van der Waals surface area contributed by atoms with Gasteiger partial charge in [-0.1, -0.05) is 12.1 Å². The summed E-state index contributed by atoms with van der Waals surface area (Å²) in [5.41, 5.74) is 1.31. The van der Waals surface area contributed by atoms with E-state index in [4.69, 9.17) is 4.74 Å². The molecule has 1 atom stereocenters. The lowest BCUT2D eigenvalue weighted by Gasteiger charge is -2.21. The summed E-state index contributed by atoms with van der Waals surface area (Å²) in [5.74, 6) is 1.64. The van der Waals surface area contributed by atoms with Crippen LogP contribution < -0.4 is 10.1 Å². The maximum absolute atomic E-state index is 5.80. The van der Waals surface area contributed by atoms with Gasteiger partial charge in [-0.05, 0) is 57.4 Å². The van der Waals surface area contributed by atoms with Crippen molar-refractivity contribution < 1.29 is 4.74 Å². The zero-order valence-corrected chi connectivity index (χ0v) is 11.6. The van der Waals surface area contributed by atoms with Crippen molar-refractivity contribution in [3.8, 4) is 5.75 Å². The van der Waals surface area contributed by atoms with Crippen LogP contribution in [-0.2, 0) is 0 Å². The Morgan fingerprint density at radius 2 is 1.82 bits per heavy atom. The quantitative estimate of drug-likeness (QED) is 0.875. The van der Waals surface area contributed by atoms with E-state index in [-0.39, 0.29) is 18.0 Å². The molecule has 1 unspecified atom stereocenters. The lowest BCUT2D eigenvalue weighted by Crippen LogP contribution is -2.22. The van der Waals surface area contributed by atoms with E-state index in [2.05, 4.69) is 50.4 Å². The monoisotopic (exact) mass is 255 g/mol. The van der Waals surface area contributed by atoms with Gasteiger partial charge in [0.1, 0.15) is 11.4 Å². The maximum Gasteiger partial charge on any atom is 0.120 e. The van der Waals surface area contributed by atoms with Gasteiger partial charge in [0.25, 0.3) is 0 Å². The molecule has 0 radical (unpaired) electrons. The van der Waals surface area contributed by atoms with Crippen LogP contribution in [0.4, 0.5) is 0 Å². The number of hydrogen-bond acceptors (Lipinski definition) is 2. The van der Waals surface area contributed by atoms with Crippen LogP contribution in [0.15, 0.2) is 24.3 Å². The smallest absolute Gasteiger partial charge is 0.120 e. The largest absolute Gasteiger partial charge is 0.488 e. The zero-order chi connectivity index (χ0) is 11.6. The van der Waals surface area contributed by atoms with Crippen molar-refractivity contribution in [3.63, 3.8) is 0 Å². The predicted molar refractivity (Wildman–Crippen MR) is 74.3 cm³/mol. The van der Waals surface area contributed by atoms with E-state index < -0.39 is 0 Å². The Morgan fingerprint density at radius 3 is 2.29 bits per heavy atom. The SMILES string of the molecule is CC(C)(C)Oc1ccc(C2CCNC2)cc1.Cl. The molecule has 1 heterocycles. The summed E-state index contributed by atoms with van der Waals surface area (Å²) in [6, 6.07) is 8.55. The standard InChI is InChI=1S/C14H21NO.ClH/c1-14(2,3)16-13-6-4-11(5-7-13)12-8-9-15-10-12;/h4-7,12,15H,8-10H2,1-3H3;1H. The van der Waals surface area contributed by atoms with Gasteiger partial charge >= 0.3 is 0 Å². The van der Waals surface area contributed by atoms with Crippen molar-refractivity contribution >= 4 is 12.4 Å². The van der Waals surface area contributed by atoms with Gasteiger partial charge < -0.3 is 10.1 Å². The molecule has 3 heteroatoms. The van der Waals surface area contributed by atoms with Crippen molar-refractivity contribution in [2.24, 2.45) is 0 Å². The van der Waals surface area contributed by atoms with Crippen LogP contribution in [0.5, 0.6) is 5.75 Å². The van der Waals surface area contributed by atoms with E-state index in [9.17, 15) is 0 Å². The van der Waals surface area contributed by atoms with Gasteiger partial charge in [0.05, 0.1) is 0 Å². The van der Waals surface area contributed by atoms with Crippen LogP contribution >= 0.6 is 12.4 Å². The highest BCUT2D eigenvalue weighted by atomic mass is 35.5. The molecule has 0 amide bonds. The summed E-state index contributed by atoms with van der Waals surface area (Å²) in [4.78, 5) is 0. The number of ether oxygens (including phenoxy) is 1. The van der Waals surface area contributed by atoms with Crippen LogP contribution in [0.25, 0.3) is 0 Å². The molecule has 1 aromatic carbocycles. The van der Waals surface area contributed by atoms with Crippen LogP contribution in [0.2, 0.25) is 0 Å². The van der Waals surface area contributed by atoms with Crippen molar-refractivity contribution in [1.82, 2.24) is 5.32 Å². The first kappa shape index (κ1) is 14.3. The molecule has 0 spiro atoms. The second kappa shape index (κ2) is 5.74. The summed E-state index contributed by atoms with van der Waals surface area (Å²) in [7, 11) is 0. The van der Waals surface area contributed by atoms with E-state index in [0.29, 0.717) is 5.92 Å². The Kier molecular flexibility index (Phi) is 4.84. The first-order valence-electron chi connectivity index (χ1n) is 6.04. The molecular weight excluding hydrogens is 234 g/mol. The highest BCUT2D eigenvalue weighted by molar-refractivity contribution is 5.85. The molecule has 1 aliphatic heterocycles. The number of halogens is 1. The molecule has 96 valence electrons. The highest BCUT2D eigenvalue weighted by Crippen LogP contribution is 2.25. The minimum Gasteiger partial charge on any atom is -0.488 e. The third kappa shape index (κ3) is 4.21. The molecule has 1 saturated heterocycles. The lowest BCUT2D eigenvalue weighted by molar-refractivity contribution is 0.131. The van der Waals surface area contributed by atoms with Crippen LogP contribution in [0, 0.1) is 0 Å². The first-order chi connectivity index (χ1) is 7.54. The van der Waals surface area contributed by atoms with E-state index in [1.54, 1.807) is 0 Å². The van der Waals surface area contributed by atoms with Crippen LogP contribution in [0.3, 0.4) is 0 Å². The van der Waals surface area contributed by atoms with Crippen molar-refractivity contribution in [3.05, 3.63) is 29.8 Å². The van der Waals surface area contributed by atoms with Crippen LogP contribution in [0.1, 0.15) is 38.7 Å². The molecule has 1 aromatic rings. The number of hydrogen-bond donors (Lipinski definition) is 1. The van der Waals surface area contributed by atoms with E-state index >= 15 is 0 Å². The molecule has 0 aliphatic carbocycles. The van der Waals surface area contributed by atoms with Gasteiger partial charge in [-0.2, -0.15) is 0 Å². The summed E-state index contributed by atoms with van der Waals surface area (Å²) >= 11 is 0. The Morgan fingerprint density at radius 1 is 1.18 bits per heavy atom. The van der Waals surface area contributed by atoms with Gasteiger partial charge in [0.2, 0.25) is 0 Å². The maximum atomic E-state index is 5.80. The molecular formula is C14H22ClNO. The second-order valence-electron chi connectivity index (χ2n) is 5.47. The van der Waals surface area contributed by atoms with E-state index in [0.717, 1.165) is 18.8 Å². The number of benzene rings is 1. The van der Waals surface area contributed by atoms with Crippen LogP contribution in [-0.4, -0.2) is 18.7 Å². The summed E-state index contributed by atoms with van der Waals surface area (Å²) in [6.07, 6.45) is 1.25. The Balaban J connectivity index is 0.00000144. The van der Waals surface area contributed by atoms with Gasteiger partial charge in [-0.15, -0.1) is 12.4 Å². The van der Waals surface area contributed by atoms with Crippen molar-refractivity contribution in [1.29, 1.82) is 0 Å². The normalized spacial score (nSPS) is 19.8. The minimum atomic E-state index is -0.115. The number of nitrogens with one attached hydrogen (secondary N) is 1. The molecule has 1 N–H and O–H groups in total. The zero-order valence-electron chi connectivity index (χ0n) is 10.8. The van der Waals surface area contributed by atoms with Gasteiger partial charge in [0.15, 0.2) is 0 Å². The predicted octanol–water partition coefficient (Wildman–Crippen LogP) is 3.36. The topological polar surface area (TPSA) is 21.3 Å². The molecule has 0 aromatic heterocycles. The van der Waals surface area contributed by atoms with Gasteiger partial charge in [0, 0.05) is 6.54 Å². The first-order valence-corrected chi connectivity index (χ1v) is 6.04. The van der Waals surface area contributed by atoms with Crippen molar-refractivity contribution in [2.45, 2.75) is 38.7 Å². The molecule has 1 fully saturated rings. The third-order valence-corrected chi connectivity index (χ3v) is 2.84. The fourth-order valence-corrected chi connectivity index (χ4v) is 2.10. The minimum absolute atomic E-state index is 0. The summed E-state index contributed by atoms with van der Waals surface area (Å²) in [5, 5.41) is 3.39. The average Bonchev–Trinajstić information content (AvgIpc) is 2.69. The lowest BCUT2D eigenvalue weighted by atomic mass is 9.98. The molecule has 0 saturated carbocycles. The van der Waals surface area contributed by atoms with E-state index in [1.165, 1.54) is 12.0 Å².